The predicted molar refractivity (Wildman–Crippen MR) is 63.8 cm³/mol. The Balaban J connectivity index is 1.87. The molecule has 0 spiro atoms. The van der Waals surface area contributed by atoms with Crippen LogP contribution in [0.3, 0.4) is 0 Å². The number of amides is 1. The second-order valence-corrected chi connectivity index (χ2v) is 4.39. The molecule has 4 heteroatoms. The summed E-state index contributed by atoms with van der Waals surface area (Å²) in [6.07, 6.45) is 1.14. The average molecular weight is 235 g/mol. The highest BCUT2D eigenvalue weighted by Gasteiger charge is 2.30. The van der Waals surface area contributed by atoms with Crippen molar-refractivity contribution in [2.24, 2.45) is 0 Å². The van der Waals surface area contributed by atoms with E-state index in [1.165, 1.54) is 0 Å². The first kappa shape index (κ1) is 12.1. The second kappa shape index (κ2) is 5.29. The van der Waals surface area contributed by atoms with E-state index in [-0.39, 0.29) is 12.5 Å². The molecule has 1 fully saturated rings. The van der Waals surface area contributed by atoms with Crippen LogP contribution >= 0.6 is 0 Å². The lowest BCUT2D eigenvalue weighted by atomic mass is 9.94. The fourth-order valence-corrected chi connectivity index (χ4v) is 1.86. The Morgan fingerprint density at radius 1 is 1.29 bits per heavy atom. The van der Waals surface area contributed by atoms with Crippen molar-refractivity contribution < 1.29 is 14.6 Å². The van der Waals surface area contributed by atoms with Gasteiger partial charge in [-0.25, -0.2) is 0 Å². The number of carbonyl (C=O) groups excluding carboxylic acids is 1. The van der Waals surface area contributed by atoms with Gasteiger partial charge in [-0.1, -0.05) is 18.2 Å². The average Bonchev–Trinajstić information content (AvgIpc) is 2.38. The van der Waals surface area contributed by atoms with E-state index in [2.05, 4.69) is 5.32 Å². The molecule has 0 atom stereocenters. The van der Waals surface area contributed by atoms with Gasteiger partial charge in [-0.2, -0.15) is 0 Å². The van der Waals surface area contributed by atoms with Gasteiger partial charge in [-0.05, 0) is 12.1 Å². The molecule has 0 saturated carbocycles. The van der Waals surface area contributed by atoms with Crippen LogP contribution < -0.4 is 5.32 Å². The Kier molecular flexibility index (Phi) is 3.76. The van der Waals surface area contributed by atoms with E-state index in [0.717, 1.165) is 0 Å². The highest BCUT2D eigenvalue weighted by molar-refractivity contribution is 5.94. The minimum Gasteiger partial charge on any atom is -0.388 e. The van der Waals surface area contributed by atoms with Crippen molar-refractivity contribution in [2.75, 3.05) is 19.8 Å². The molecule has 1 saturated heterocycles. The van der Waals surface area contributed by atoms with Gasteiger partial charge >= 0.3 is 0 Å². The molecule has 0 radical (unpaired) electrons. The quantitative estimate of drug-likeness (QED) is 0.820. The maximum absolute atomic E-state index is 11.8. The molecule has 1 aliphatic rings. The van der Waals surface area contributed by atoms with Gasteiger partial charge in [0, 0.05) is 38.2 Å². The number of carbonyl (C=O) groups is 1. The van der Waals surface area contributed by atoms with Crippen molar-refractivity contribution in [1.29, 1.82) is 0 Å². The summed E-state index contributed by atoms with van der Waals surface area (Å²) in [5.41, 5.74) is -0.203. The van der Waals surface area contributed by atoms with Crippen LogP contribution in [0.15, 0.2) is 30.3 Å². The summed E-state index contributed by atoms with van der Waals surface area (Å²) in [6, 6.07) is 9.01. The molecule has 1 aromatic rings. The Hall–Kier alpha value is -1.39. The van der Waals surface area contributed by atoms with Gasteiger partial charge in [0.1, 0.15) is 0 Å². The van der Waals surface area contributed by atoms with Gasteiger partial charge in [0.15, 0.2) is 0 Å². The molecule has 1 aliphatic heterocycles. The molecular weight excluding hydrogens is 218 g/mol. The van der Waals surface area contributed by atoms with Crippen LogP contribution in [-0.4, -0.2) is 36.4 Å². The number of hydrogen-bond acceptors (Lipinski definition) is 3. The lowest BCUT2D eigenvalue weighted by molar-refractivity contribution is -0.0605. The molecule has 0 bridgehead atoms. The van der Waals surface area contributed by atoms with Crippen LogP contribution in [0.2, 0.25) is 0 Å². The third-order valence-corrected chi connectivity index (χ3v) is 3.04. The van der Waals surface area contributed by atoms with Gasteiger partial charge in [-0.15, -0.1) is 0 Å². The Bertz CT molecular complexity index is 372. The summed E-state index contributed by atoms with van der Waals surface area (Å²) in [6.45, 7) is 1.39. The van der Waals surface area contributed by atoms with Crippen molar-refractivity contribution in [3.63, 3.8) is 0 Å². The first-order chi connectivity index (χ1) is 8.20. The normalized spacial score (nSPS) is 18.6. The summed E-state index contributed by atoms with van der Waals surface area (Å²) in [5.74, 6) is -0.148. The zero-order chi connectivity index (χ0) is 12.1. The number of aliphatic hydroxyl groups is 1. The minimum absolute atomic E-state index is 0.148. The molecule has 1 aromatic carbocycles. The smallest absolute Gasteiger partial charge is 0.251 e. The Morgan fingerprint density at radius 3 is 2.59 bits per heavy atom. The third-order valence-electron chi connectivity index (χ3n) is 3.04. The molecule has 92 valence electrons. The molecule has 17 heavy (non-hydrogen) atoms. The van der Waals surface area contributed by atoms with Crippen LogP contribution in [-0.2, 0) is 4.74 Å². The minimum atomic E-state index is -0.817. The number of ether oxygens (including phenoxy) is 1. The number of benzene rings is 1. The van der Waals surface area contributed by atoms with Crippen molar-refractivity contribution >= 4 is 5.91 Å². The lowest BCUT2D eigenvalue weighted by Crippen LogP contribution is -2.46. The Morgan fingerprint density at radius 2 is 1.94 bits per heavy atom. The van der Waals surface area contributed by atoms with Crippen LogP contribution in [0.4, 0.5) is 0 Å². The van der Waals surface area contributed by atoms with E-state index in [1.54, 1.807) is 12.1 Å². The number of hydrogen-bond donors (Lipinski definition) is 2. The lowest BCUT2D eigenvalue weighted by Gasteiger charge is -2.32. The largest absolute Gasteiger partial charge is 0.388 e. The van der Waals surface area contributed by atoms with Crippen LogP contribution in [0, 0.1) is 0 Å². The van der Waals surface area contributed by atoms with Crippen molar-refractivity contribution in [3.05, 3.63) is 35.9 Å². The zero-order valence-corrected chi connectivity index (χ0v) is 9.69. The van der Waals surface area contributed by atoms with Crippen molar-refractivity contribution in [2.45, 2.75) is 18.4 Å². The monoisotopic (exact) mass is 235 g/mol. The fourth-order valence-electron chi connectivity index (χ4n) is 1.86. The molecular formula is C13H17NO3. The topological polar surface area (TPSA) is 58.6 Å². The zero-order valence-electron chi connectivity index (χ0n) is 9.69. The summed E-state index contributed by atoms with van der Waals surface area (Å²) >= 11 is 0. The van der Waals surface area contributed by atoms with Gasteiger partial charge in [-0.3, -0.25) is 4.79 Å². The molecule has 2 N–H and O–H groups in total. The second-order valence-electron chi connectivity index (χ2n) is 4.39. The van der Waals surface area contributed by atoms with Crippen molar-refractivity contribution in [3.8, 4) is 0 Å². The van der Waals surface area contributed by atoms with E-state index < -0.39 is 5.60 Å². The summed E-state index contributed by atoms with van der Waals surface area (Å²) in [5, 5.41) is 12.9. The molecule has 0 unspecified atom stereocenters. The number of nitrogens with one attached hydrogen (secondary N) is 1. The summed E-state index contributed by atoms with van der Waals surface area (Å²) < 4.78 is 5.18. The molecule has 1 amide bonds. The van der Waals surface area contributed by atoms with Crippen LogP contribution in [0.1, 0.15) is 23.2 Å². The molecule has 1 heterocycles. The summed E-state index contributed by atoms with van der Waals surface area (Å²) in [4.78, 5) is 11.8. The fraction of sp³-hybridized carbons (Fsp3) is 0.462. The molecule has 4 nitrogen and oxygen atoms in total. The molecule has 0 aromatic heterocycles. The van der Waals surface area contributed by atoms with Gasteiger partial charge < -0.3 is 15.2 Å². The molecule has 2 rings (SSSR count). The van der Waals surface area contributed by atoms with E-state index in [9.17, 15) is 9.90 Å². The van der Waals surface area contributed by atoms with Crippen molar-refractivity contribution in [1.82, 2.24) is 5.32 Å². The van der Waals surface area contributed by atoms with E-state index >= 15 is 0 Å². The standard InChI is InChI=1S/C13H17NO3/c15-12(11-4-2-1-3-5-11)14-10-13(16)6-8-17-9-7-13/h1-5,16H,6-10H2,(H,14,15). The Labute approximate surface area is 101 Å². The first-order valence-electron chi connectivity index (χ1n) is 5.83. The van der Waals surface area contributed by atoms with E-state index in [4.69, 9.17) is 4.74 Å². The molecule has 0 aliphatic carbocycles. The maximum atomic E-state index is 11.8. The van der Waals surface area contributed by atoms with Gasteiger partial charge in [0.05, 0.1) is 5.60 Å². The van der Waals surface area contributed by atoms with Crippen LogP contribution in [0.5, 0.6) is 0 Å². The van der Waals surface area contributed by atoms with Gasteiger partial charge in [0.25, 0.3) is 5.91 Å². The van der Waals surface area contributed by atoms with Crippen LogP contribution in [0.25, 0.3) is 0 Å². The van der Waals surface area contributed by atoms with E-state index in [0.29, 0.717) is 31.6 Å². The van der Waals surface area contributed by atoms with E-state index in [1.807, 2.05) is 18.2 Å². The SMILES string of the molecule is O=C(NCC1(O)CCOCC1)c1ccccc1. The third kappa shape index (κ3) is 3.28. The highest BCUT2D eigenvalue weighted by atomic mass is 16.5. The highest BCUT2D eigenvalue weighted by Crippen LogP contribution is 2.19. The first-order valence-corrected chi connectivity index (χ1v) is 5.83. The number of rotatable bonds is 3. The predicted octanol–water partition coefficient (Wildman–Crippen LogP) is 0.958. The van der Waals surface area contributed by atoms with Gasteiger partial charge in [0.2, 0.25) is 0 Å². The maximum Gasteiger partial charge on any atom is 0.251 e. The summed E-state index contributed by atoms with van der Waals surface area (Å²) in [7, 11) is 0.